The summed E-state index contributed by atoms with van der Waals surface area (Å²) in [6, 6.07) is 8.87. The summed E-state index contributed by atoms with van der Waals surface area (Å²) in [5.74, 6) is -1.28. The van der Waals surface area contributed by atoms with E-state index in [0.717, 1.165) is 17.8 Å². The number of thioether (sulfide) groups is 1. The smallest absolute Gasteiger partial charge is 0.338 e. The lowest BCUT2D eigenvalue weighted by atomic mass is 10.1. The van der Waals surface area contributed by atoms with Gasteiger partial charge >= 0.3 is 6.18 Å². The van der Waals surface area contributed by atoms with Gasteiger partial charge in [-0.1, -0.05) is 23.9 Å². The van der Waals surface area contributed by atoms with Gasteiger partial charge < -0.3 is 10.3 Å². The predicted molar refractivity (Wildman–Crippen MR) is 99.9 cm³/mol. The zero-order valence-corrected chi connectivity index (χ0v) is 15.2. The van der Waals surface area contributed by atoms with Crippen LogP contribution in [0, 0.1) is 5.82 Å². The highest BCUT2D eigenvalue weighted by atomic mass is 32.2. The molecule has 0 unspecified atom stereocenters. The molecule has 0 radical (unpaired) electrons. The quantitative estimate of drug-likeness (QED) is 0.377. The molecule has 0 aliphatic carbocycles. The molecule has 0 saturated carbocycles. The van der Waals surface area contributed by atoms with Crippen LogP contribution in [0.15, 0.2) is 47.6 Å². The van der Waals surface area contributed by atoms with Gasteiger partial charge in [0.2, 0.25) is 11.1 Å². The van der Waals surface area contributed by atoms with Crippen molar-refractivity contribution in [1.29, 1.82) is 0 Å². The molecule has 0 aliphatic heterocycles. The van der Waals surface area contributed by atoms with Crippen LogP contribution < -0.4 is 5.32 Å². The van der Waals surface area contributed by atoms with Crippen molar-refractivity contribution in [2.45, 2.75) is 11.3 Å². The van der Waals surface area contributed by atoms with Gasteiger partial charge in [0.1, 0.15) is 11.3 Å². The first-order valence-corrected chi connectivity index (χ1v) is 9.20. The largest absolute Gasteiger partial charge is 0.418 e. The number of alkyl halides is 3. The molecule has 29 heavy (non-hydrogen) atoms. The number of H-pyrrole nitrogens is 1. The molecular formula is C18H11F4N5OS. The molecule has 0 aliphatic rings. The predicted octanol–water partition coefficient (Wildman–Crippen LogP) is 4.39. The first kappa shape index (κ1) is 19.1. The summed E-state index contributed by atoms with van der Waals surface area (Å²) in [7, 11) is 0. The minimum atomic E-state index is -4.58. The second-order valence-corrected chi connectivity index (χ2v) is 6.93. The number of fused-ring (bicyclic) bond motifs is 3. The number of carbonyl (C=O) groups is 1. The number of rotatable bonds is 4. The molecule has 2 N–H and O–H groups in total. The van der Waals surface area contributed by atoms with Crippen molar-refractivity contribution in [2.24, 2.45) is 0 Å². The SMILES string of the molecule is O=C(CSc1nnc2c(n1)[nH]c1ccc(F)cc12)Nc1ccccc1C(F)(F)F. The van der Waals surface area contributed by atoms with Crippen molar-refractivity contribution in [3.8, 4) is 0 Å². The Bertz CT molecular complexity index is 1220. The zero-order chi connectivity index (χ0) is 20.6. The van der Waals surface area contributed by atoms with Crippen LogP contribution in [0.3, 0.4) is 0 Å². The van der Waals surface area contributed by atoms with Crippen LogP contribution in [0.5, 0.6) is 0 Å². The molecule has 0 bridgehead atoms. The standard InChI is InChI=1S/C18H11F4N5OS/c19-9-5-6-12-10(7-9)15-16(24-12)25-17(27-26-15)29-8-14(28)23-13-4-2-1-3-11(13)18(20,21)22/h1-7H,8H2,(H,23,28)(H,24,25,27). The number of benzene rings is 2. The Morgan fingerprint density at radius 1 is 1.14 bits per heavy atom. The van der Waals surface area contributed by atoms with Crippen molar-refractivity contribution in [3.05, 3.63) is 53.8 Å². The second kappa shape index (κ2) is 7.32. The molecule has 2 aromatic carbocycles. The van der Waals surface area contributed by atoms with E-state index >= 15 is 0 Å². The van der Waals surface area contributed by atoms with Gasteiger partial charge in [0.05, 0.1) is 17.0 Å². The van der Waals surface area contributed by atoms with Gasteiger partial charge in [0.25, 0.3) is 0 Å². The number of aromatic nitrogens is 4. The number of para-hydroxylation sites is 1. The lowest BCUT2D eigenvalue weighted by Gasteiger charge is -2.13. The van der Waals surface area contributed by atoms with Crippen LogP contribution in [0.1, 0.15) is 5.56 Å². The molecule has 0 saturated heterocycles. The number of amides is 1. The van der Waals surface area contributed by atoms with Gasteiger partial charge in [-0.15, -0.1) is 10.2 Å². The van der Waals surface area contributed by atoms with Gasteiger partial charge in [-0.2, -0.15) is 13.2 Å². The van der Waals surface area contributed by atoms with E-state index in [0.29, 0.717) is 22.1 Å². The molecule has 0 spiro atoms. The lowest BCUT2D eigenvalue weighted by molar-refractivity contribution is -0.137. The normalized spacial score (nSPS) is 11.9. The number of aromatic amines is 1. The first-order chi connectivity index (χ1) is 13.8. The molecule has 0 fully saturated rings. The van der Waals surface area contributed by atoms with Gasteiger partial charge in [0.15, 0.2) is 5.65 Å². The fourth-order valence-corrected chi connectivity index (χ4v) is 3.33. The minimum Gasteiger partial charge on any atom is -0.338 e. The van der Waals surface area contributed by atoms with Crippen LogP contribution in [-0.2, 0) is 11.0 Å². The van der Waals surface area contributed by atoms with Crippen molar-refractivity contribution in [3.63, 3.8) is 0 Å². The molecule has 148 valence electrons. The zero-order valence-electron chi connectivity index (χ0n) is 14.4. The minimum absolute atomic E-state index is 0.156. The van der Waals surface area contributed by atoms with Crippen molar-refractivity contribution >= 4 is 45.4 Å². The Morgan fingerprint density at radius 2 is 1.93 bits per heavy atom. The highest BCUT2D eigenvalue weighted by molar-refractivity contribution is 7.99. The topological polar surface area (TPSA) is 83.6 Å². The lowest BCUT2D eigenvalue weighted by Crippen LogP contribution is -2.18. The summed E-state index contributed by atoms with van der Waals surface area (Å²) < 4.78 is 52.4. The van der Waals surface area contributed by atoms with E-state index in [1.165, 1.54) is 30.3 Å². The maximum atomic E-state index is 13.4. The second-order valence-electron chi connectivity index (χ2n) is 5.99. The maximum absolute atomic E-state index is 13.4. The third-order valence-electron chi connectivity index (χ3n) is 4.00. The highest BCUT2D eigenvalue weighted by Gasteiger charge is 2.33. The number of nitrogens with one attached hydrogen (secondary N) is 2. The van der Waals surface area contributed by atoms with Crippen LogP contribution in [0.2, 0.25) is 0 Å². The van der Waals surface area contributed by atoms with Crippen LogP contribution in [0.4, 0.5) is 23.2 Å². The monoisotopic (exact) mass is 421 g/mol. The number of halogens is 4. The third kappa shape index (κ3) is 3.99. The van der Waals surface area contributed by atoms with E-state index in [4.69, 9.17) is 0 Å². The highest BCUT2D eigenvalue weighted by Crippen LogP contribution is 2.34. The molecule has 2 heterocycles. The Balaban J connectivity index is 1.48. The van der Waals surface area contributed by atoms with E-state index in [9.17, 15) is 22.4 Å². The average molecular weight is 421 g/mol. The Morgan fingerprint density at radius 3 is 2.72 bits per heavy atom. The number of carbonyl (C=O) groups excluding carboxylic acids is 1. The fourth-order valence-electron chi connectivity index (χ4n) is 2.75. The number of nitrogens with zero attached hydrogens (tertiary/aromatic N) is 3. The number of anilines is 1. The average Bonchev–Trinajstić information content (AvgIpc) is 3.03. The summed E-state index contributed by atoms with van der Waals surface area (Å²) >= 11 is 0.917. The molecule has 11 heteroatoms. The fraction of sp³-hybridized carbons (Fsp3) is 0.111. The molecule has 2 aromatic heterocycles. The molecule has 0 atom stereocenters. The van der Waals surface area contributed by atoms with Crippen molar-refractivity contribution in [2.75, 3.05) is 11.1 Å². The summed E-state index contributed by atoms with van der Waals surface area (Å²) in [4.78, 5) is 19.3. The number of hydrogen-bond donors (Lipinski definition) is 2. The van der Waals surface area contributed by atoms with Crippen LogP contribution in [0.25, 0.3) is 22.1 Å². The summed E-state index contributed by atoms with van der Waals surface area (Å²) in [6.45, 7) is 0. The number of hydrogen-bond acceptors (Lipinski definition) is 5. The Labute approximate surface area is 164 Å². The molecule has 6 nitrogen and oxygen atoms in total. The molecule has 4 rings (SSSR count). The maximum Gasteiger partial charge on any atom is 0.418 e. The first-order valence-electron chi connectivity index (χ1n) is 8.22. The van der Waals surface area contributed by atoms with Crippen LogP contribution in [-0.4, -0.2) is 31.8 Å². The molecular weight excluding hydrogens is 410 g/mol. The van der Waals surface area contributed by atoms with Gasteiger partial charge in [-0.3, -0.25) is 4.79 Å². The van der Waals surface area contributed by atoms with E-state index in [1.807, 2.05) is 0 Å². The third-order valence-corrected chi connectivity index (χ3v) is 4.83. The van der Waals surface area contributed by atoms with Crippen molar-refractivity contribution in [1.82, 2.24) is 20.2 Å². The van der Waals surface area contributed by atoms with E-state index in [1.54, 1.807) is 6.07 Å². The molecule has 1 amide bonds. The van der Waals surface area contributed by atoms with E-state index in [-0.39, 0.29) is 16.6 Å². The van der Waals surface area contributed by atoms with Crippen molar-refractivity contribution < 1.29 is 22.4 Å². The van der Waals surface area contributed by atoms with Gasteiger partial charge in [-0.05, 0) is 30.3 Å². The van der Waals surface area contributed by atoms with Gasteiger partial charge in [-0.25, -0.2) is 9.37 Å². The summed E-state index contributed by atoms with van der Waals surface area (Å²) in [5, 5.41) is 10.8. The van der Waals surface area contributed by atoms with Crippen LogP contribution >= 0.6 is 11.8 Å². The van der Waals surface area contributed by atoms with E-state index < -0.39 is 23.5 Å². The Kier molecular flexibility index (Phi) is 4.82. The summed E-state index contributed by atoms with van der Waals surface area (Å²) in [6.07, 6.45) is -4.58. The van der Waals surface area contributed by atoms with Gasteiger partial charge in [0, 0.05) is 10.9 Å². The Hall–Kier alpha value is -3.21. The van der Waals surface area contributed by atoms with E-state index in [2.05, 4.69) is 25.5 Å². The molecule has 4 aromatic rings. The summed E-state index contributed by atoms with van der Waals surface area (Å²) in [5.41, 5.74) is 0.130.